The van der Waals surface area contributed by atoms with E-state index in [0.29, 0.717) is 0 Å². The van der Waals surface area contributed by atoms with E-state index >= 15 is 0 Å². The summed E-state index contributed by atoms with van der Waals surface area (Å²) in [5.41, 5.74) is 2.98. The summed E-state index contributed by atoms with van der Waals surface area (Å²) < 4.78 is 0. The highest BCUT2D eigenvalue weighted by Gasteiger charge is 2.08. The first-order valence-electron chi connectivity index (χ1n) is 7.15. The minimum absolute atomic E-state index is 0.286. The van der Waals surface area contributed by atoms with Crippen LogP contribution in [0.4, 0.5) is 5.69 Å². The fraction of sp³-hybridized carbons (Fsp3) is 0.375. The summed E-state index contributed by atoms with van der Waals surface area (Å²) in [7, 11) is 4.26. The van der Waals surface area contributed by atoms with Crippen LogP contribution in [0.1, 0.15) is 22.5 Å². The number of carboxylic acid groups (broad SMARTS) is 1. The number of aromatic nitrogens is 1. The van der Waals surface area contributed by atoms with Crippen molar-refractivity contribution < 1.29 is 14.8 Å². The molecule has 0 atom stereocenters. The maximum absolute atomic E-state index is 11.1. The number of anilines is 1. The van der Waals surface area contributed by atoms with Crippen molar-refractivity contribution in [2.24, 2.45) is 0 Å². The Labute approximate surface area is 124 Å². The lowest BCUT2D eigenvalue weighted by molar-refractivity contribution is -0.858. The van der Waals surface area contributed by atoms with E-state index in [1.807, 2.05) is 13.0 Å². The lowest BCUT2D eigenvalue weighted by Gasteiger charge is -2.12. The third-order valence-corrected chi connectivity index (χ3v) is 3.35. The van der Waals surface area contributed by atoms with E-state index in [1.165, 1.54) is 4.90 Å². The number of hydrogen-bond donors (Lipinski definition) is 3. The number of aromatic carboxylic acids is 1. The number of carbonyl (C=O) groups is 1. The molecule has 1 aromatic heterocycles. The van der Waals surface area contributed by atoms with Crippen molar-refractivity contribution >= 4 is 22.6 Å². The van der Waals surface area contributed by atoms with Crippen molar-refractivity contribution in [2.75, 3.05) is 32.5 Å². The number of fused-ring (bicyclic) bond motifs is 1. The average molecular weight is 288 g/mol. The predicted molar refractivity (Wildman–Crippen MR) is 84.2 cm³/mol. The van der Waals surface area contributed by atoms with Crippen molar-refractivity contribution in [3.63, 3.8) is 0 Å². The first-order valence-corrected chi connectivity index (χ1v) is 7.15. The van der Waals surface area contributed by atoms with Gasteiger partial charge in [-0.3, -0.25) is 4.98 Å². The second-order valence-electron chi connectivity index (χ2n) is 5.59. The number of hydrogen-bond acceptors (Lipinski definition) is 3. The molecule has 0 saturated carbocycles. The Kier molecular flexibility index (Phi) is 4.75. The molecule has 0 aliphatic rings. The van der Waals surface area contributed by atoms with E-state index < -0.39 is 5.97 Å². The number of nitrogens with one attached hydrogen (secondary N) is 2. The van der Waals surface area contributed by atoms with Crippen molar-refractivity contribution in [2.45, 2.75) is 13.3 Å². The Morgan fingerprint density at radius 3 is 2.76 bits per heavy atom. The van der Waals surface area contributed by atoms with Gasteiger partial charge >= 0.3 is 5.97 Å². The van der Waals surface area contributed by atoms with Gasteiger partial charge < -0.3 is 15.3 Å². The highest BCUT2D eigenvalue weighted by molar-refractivity contribution is 5.98. The summed E-state index contributed by atoms with van der Waals surface area (Å²) in [4.78, 5) is 17.0. The molecule has 3 N–H and O–H groups in total. The van der Waals surface area contributed by atoms with Crippen LogP contribution < -0.4 is 10.2 Å². The Balaban J connectivity index is 2.27. The van der Waals surface area contributed by atoms with Crippen LogP contribution in [0.5, 0.6) is 0 Å². The largest absolute Gasteiger partial charge is 0.478 e. The number of pyridine rings is 1. The van der Waals surface area contributed by atoms with Gasteiger partial charge in [0.25, 0.3) is 0 Å². The molecular weight excluding hydrogens is 266 g/mol. The number of rotatable bonds is 6. The highest BCUT2D eigenvalue weighted by atomic mass is 16.4. The molecule has 21 heavy (non-hydrogen) atoms. The molecule has 0 saturated heterocycles. The zero-order valence-electron chi connectivity index (χ0n) is 12.7. The first kappa shape index (κ1) is 15.3. The van der Waals surface area contributed by atoms with Crippen molar-refractivity contribution in [3.8, 4) is 0 Å². The summed E-state index contributed by atoms with van der Waals surface area (Å²) in [6, 6.07) is 7.01. The van der Waals surface area contributed by atoms with E-state index in [4.69, 9.17) is 5.11 Å². The van der Waals surface area contributed by atoms with E-state index in [9.17, 15) is 4.79 Å². The van der Waals surface area contributed by atoms with Gasteiger partial charge in [-0.1, -0.05) is 0 Å². The minimum atomic E-state index is -0.917. The average Bonchev–Trinajstić information content (AvgIpc) is 2.42. The van der Waals surface area contributed by atoms with Crippen molar-refractivity contribution in [1.82, 2.24) is 4.98 Å². The van der Waals surface area contributed by atoms with Crippen LogP contribution in [0.15, 0.2) is 24.3 Å². The second-order valence-corrected chi connectivity index (χ2v) is 5.59. The highest BCUT2D eigenvalue weighted by Crippen LogP contribution is 2.24. The molecule has 1 aromatic carbocycles. The van der Waals surface area contributed by atoms with Gasteiger partial charge in [-0.25, -0.2) is 4.79 Å². The van der Waals surface area contributed by atoms with Gasteiger partial charge in [-0.15, -0.1) is 0 Å². The Bertz CT molecular complexity index is 653. The third kappa shape index (κ3) is 3.92. The molecule has 0 amide bonds. The molecule has 1 heterocycles. The number of nitrogens with zero attached hydrogens (tertiary/aromatic N) is 1. The van der Waals surface area contributed by atoms with E-state index in [-0.39, 0.29) is 5.56 Å². The second kappa shape index (κ2) is 6.54. The molecule has 0 fully saturated rings. The third-order valence-electron chi connectivity index (χ3n) is 3.35. The van der Waals surface area contributed by atoms with E-state index in [1.54, 1.807) is 18.2 Å². The summed E-state index contributed by atoms with van der Waals surface area (Å²) >= 11 is 0. The topological polar surface area (TPSA) is 66.7 Å². The van der Waals surface area contributed by atoms with Crippen LogP contribution in [0.25, 0.3) is 10.9 Å². The van der Waals surface area contributed by atoms with Crippen LogP contribution in [0.2, 0.25) is 0 Å². The molecule has 0 aliphatic heterocycles. The minimum Gasteiger partial charge on any atom is -0.478 e. The Morgan fingerprint density at radius 1 is 1.33 bits per heavy atom. The van der Waals surface area contributed by atoms with Crippen LogP contribution >= 0.6 is 0 Å². The van der Waals surface area contributed by atoms with Crippen LogP contribution in [0.3, 0.4) is 0 Å². The summed E-state index contributed by atoms with van der Waals surface area (Å²) in [5, 5.41) is 13.4. The maximum atomic E-state index is 11.1. The van der Waals surface area contributed by atoms with Gasteiger partial charge in [0, 0.05) is 29.7 Å². The molecular formula is C16H22N3O2+. The van der Waals surface area contributed by atoms with Gasteiger partial charge in [0.15, 0.2) is 0 Å². The van der Waals surface area contributed by atoms with Gasteiger partial charge in [-0.05, 0) is 31.2 Å². The molecule has 2 rings (SSSR count). The van der Waals surface area contributed by atoms with Crippen LogP contribution in [-0.2, 0) is 0 Å². The summed E-state index contributed by atoms with van der Waals surface area (Å²) in [6.07, 6.45) is 1.06. The maximum Gasteiger partial charge on any atom is 0.335 e. The standard InChI is InChI=1S/C16H21N3O2/c1-11-9-15(17-7-4-8-19(2)3)13-10-12(16(20)21)5-6-14(13)18-11/h5-6,9-10H,4,7-8H2,1-3H3,(H,17,18)(H,20,21)/p+1. The number of carboxylic acids is 1. The van der Waals surface area contributed by atoms with Crippen LogP contribution in [0, 0.1) is 6.92 Å². The zero-order chi connectivity index (χ0) is 15.4. The summed E-state index contributed by atoms with van der Waals surface area (Å²) in [6.45, 7) is 3.90. The quantitative estimate of drug-likeness (QED) is 0.699. The monoisotopic (exact) mass is 288 g/mol. The molecule has 5 nitrogen and oxygen atoms in total. The Morgan fingerprint density at radius 2 is 2.10 bits per heavy atom. The number of benzene rings is 1. The number of aryl methyl sites for hydroxylation is 1. The molecule has 112 valence electrons. The van der Waals surface area contributed by atoms with Gasteiger partial charge in [0.1, 0.15) is 0 Å². The lowest BCUT2D eigenvalue weighted by Crippen LogP contribution is -3.05. The molecule has 0 radical (unpaired) electrons. The molecule has 0 unspecified atom stereocenters. The fourth-order valence-corrected chi connectivity index (χ4v) is 2.30. The van der Waals surface area contributed by atoms with E-state index in [0.717, 1.165) is 41.8 Å². The summed E-state index contributed by atoms with van der Waals surface area (Å²) in [5.74, 6) is -0.917. The van der Waals surface area contributed by atoms with Crippen molar-refractivity contribution in [1.29, 1.82) is 0 Å². The molecule has 0 bridgehead atoms. The predicted octanol–water partition coefficient (Wildman–Crippen LogP) is 1.19. The van der Waals surface area contributed by atoms with Gasteiger partial charge in [-0.2, -0.15) is 0 Å². The smallest absolute Gasteiger partial charge is 0.335 e. The normalized spacial score (nSPS) is 11.0. The first-order chi connectivity index (χ1) is 9.97. The van der Waals surface area contributed by atoms with Gasteiger partial charge in [0.05, 0.1) is 31.7 Å². The molecule has 2 aromatic rings. The molecule has 5 heteroatoms. The zero-order valence-corrected chi connectivity index (χ0v) is 12.7. The molecule has 0 spiro atoms. The SMILES string of the molecule is Cc1cc(NCCC[NH+](C)C)c2cc(C(=O)O)ccc2n1. The Hall–Kier alpha value is -2.14. The van der Waals surface area contributed by atoms with E-state index in [2.05, 4.69) is 24.4 Å². The lowest BCUT2D eigenvalue weighted by atomic mass is 10.1. The van der Waals surface area contributed by atoms with Crippen molar-refractivity contribution in [3.05, 3.63) is 35.5 Å². The van der Waals surface area contributed by atoms with Crippen LogP contribution in [-0.4, -0.2) is 43.2 Å². The van der Waals surface area contributed by atoms with Gasteiger partial charge in [0.2, 0.25) is 0 Å². The number of quaternary nitrogens is 1. The molecule has 0 aliphatic carbocycles. The fourth-order valence-electron chi connectivity index (χ4n) is 2.30.